The van der Waals surface area contributed by atoms with E-state index in [-0.39, 0.29) is 41.7 Å². The number of rotatable bonds is 9. The van der Waals surface area contributed by atoms with E-state index in [4.69, 9.17) is 9.47 Å². The Bertz CT molecular complexity index is 1200. The van der Waals surface area contributed by atoms with Crippen LogP contribution in [-0.4, -0.2) is 45.9 Å². The molecule has 2 bridgehead atoms. The molecule has 5 rings (SSSR count). The summed E-state index contributed by atoms with van der Waals surface area (Å²) in [7, 11) is 1.88. The van der Waals surface area contributed by atoms with Crippen molar-refractivity contribution in [2.24, 2.45) is 24.8 Å². The molecule has 0 saturated heterocycles. The highest BCUT2D eigenvalue weighted by atomic mass is 16.7. The van der Waals surface area contributed by atoms with Crippen LogP contribution in [0.15, 0.2) is 47.0 Å². The second-order valence-corrected chi connectivity index (χ2v) is 10.8. The summed E-state index contributed by atoms with van der Waals surface area (Å²) in [5, 5.41) is 12.8. The number of allylic oxidation sites excluding steroid dienone is 1. The number of carbonyl (C=O) groups is 1. The molecule has 1 aromatic carbocycles. The van der Waals surface area contributed by atoms with E-state index in [1.165, 1.54) is 19.3 Å². The molecule has 1 amide bonds. The number of ether oxygens (including phenoxy) is 2. The Morgan fingerprint density at radius 1 is 1.22 bits per heavy atom. The van der Waals surface area contributed by atoms with Crippen LogP contribution < -0.4 is 10.9 Å². The molecule has 1 aromatic heterocycles. The number of fused-ring (bicyclic) bond motifs is 2. The number of hydrogen-bond acceptors (Lipinski definition) is 5. The SMILES string of the molecule is CCOC1OC(C(=O)NC2CC3CCC2C3)=CC(c2c(C)n(C)n(-c3ccccc3)c2=O)C1CCCO. The molecule has 1 aliphatic heterocycles. The summed E-state index contributed by atoms with van der Waals surface area (Å²) in [6.45, 7) is 4.28. The monoisotopic (exact) mass is 509 g/mol. The van der Waals surface area contributed by atoms with E-state index in [9.17, 15) is 14.7 Å². The molecule has 37 heavy (non-hydrogen) atoms. The number of hydrogen-bond donors (Lipinski definition) is 2. The van der Waals surface area contributed by atoms with Gasteiger partial charge in [-0.05, 0) is 76.0 Å². The zero-order valence-corrected chi connectivity index (χ0v) is 22.1. The van der Waals surface area contributed by atoms with Crippen molar-refractivity contribution in [2.45, 2.75) is 70.6 Å². The van der Waals surface area contributed by atoms with Gasteiger partial charge in [0.25, 0.3) is 11.5 Å². The average molecular weight is 510 g/mol. The number of aliphatic hydroxyl groups is 1. The second-order valence-electron chi connectivity index (χ2n) is 10.8. The Morgan fingerprint density at radius 2 is 2.00 bits per heavy atom. The summed E-state index contributed by atoms with van der Waals surface area (Å²) in [4.78, 5) is 27.4. The average Bonchev–Trinajstić information content (AvgIpc) is 3.57. The maximum atomic E-state index is 13.9. The molecule has 8 nitrogen and oxygen atoms in total. The van der Waals surface area contributed by atoms with Crippen molar-refractivity contribution >= 4 is 5.91 Å². The molecule has 2 fully saturated rings. The molecule has 6 unspecified atom stereocenters. The zero-order chi connectivity index (χ0) is 26.1. The molecule has 2 heterocycles. The quantitative estimate of drug-likeness (QED) is 0.539. The topological polar surface area (TPSA) is 94.7 Å². The minimum absolute atomic E-state index is 0.0331. The summed E-state index contributed by atoms with van der Waals surface area (Å²) in [6, 6.07) is 9.73. The predicted molar refractivity (Wildman–Crippen MR) is 140 cm³/mol. The summed E-state index contributed by atoms with van der Waals surface area (Å²) in [6.07, 6.45) is 6.94. The number of nitrogens with zero attached hydrogens (tertiary/aromatic N) is 2. The van der Waals surface area contributed by atoms with Gasteiger partial charge in [0, 0.05) is 49.4 Å². The molecule has 0 radical (unpaired) electrons. The van der Waals surface area contributed by atoms with Crippen LogP contribution in [0.5, 0.6) is 0 Å². The van der Waals surface area contributed by atoms with Gasteiger partial charge in [0.05, 0.1) is 5.69 Å². The van der Waals surface area contributed by atoms with Gasteiger partial charge in [-0.15, -0.1) is 0 Å². The summed E-state index contributed by atoms with van der Waals surface area (Å²) < 4.78 is 15.7. The maximum Gasteiger partial charge on any atom is 0.286 e. The Balaban J connectivity index is 1.54. The Labute approximate surface area is 218 Å². The molecule has 8 heteroatoms. The number of para-hydroxylation sites is 1. The first-order valence-electron chi connectivity index (χ1n) is 13.7. The Morgan fingerprint density at radius 3 is 2.65 bits per heavy atom. The second kappa shape index (κ2) is 10.9. The van der Waals surface area contributed by atoms with Crippen molar-refractivity contribution in [3.8, 4) is 5.69 Å². The van der Waals surface area contributed by atoms with E-state index in [0.29, 0.717) is 36.8 Å². The van der Waals surface area contributed by atoms with E-state index < -0.39 is 6.29 Å². The molecule has 2 aliphatic carbocycles. The van der Waals surface area contributed by atoms with Gasteiger partial charge in [0.15, 0.2) is 5.76 Å². The largest absolute Gasteiger partial charge is 0.459 e. The van der Waals surface area contributed by atoms with Crippen molar-refractivity contribution < 1.29 is 19.4 Å². The standard InChI is InChI=1S/C29H39N3O5/c1-4-36-29-22(11-8-14-33)23(17-25(37-29)27(34)30-24-16-19-12-13-20(24)15-19)26-18(2)31(3)32(28(26)35)21-9-6-5-7-10-21/h5-7,9-10,17,19-20,22-24,29,33H,4,8,11-16H2,1-3H3,(H,30,34). The first kappa shape index (κ1) is 25.8. The molecule has 200 valence electrons. The minimum Gasteiger partial charge on any atom is -0.459 e. The molecule has 3 aliphatic rings. The zero-order valence-electron chi connectivity index (χ0n) is 22.1. The molecular formula is C29H39N3O5. The smallest absolute Gasteiger partial charge is 0.286 e. The first-order valence-corrected chi connectivity index (χ1v) is 13.7. The summed E-state index contributed by atoms with van der Waals surface area (Å²) in [5.74, 6) is 0.644. The van der Waals surface area contributed by atoms with Gasteiger partial charge in [-0.25, -0.2) is 4.68 Å². The highest BCUT2D eigenvalue weighted by Crippen LogP contribution is 2.45. The molecule has 0 spiro atoms. The molecule has 2 N–H and O–H groups in total. The van der Waals surface area contributed by atoms with Gasteiger partial charge in [0.2, 0.25) is 6.29 Å². The number of aliphatic hydroxyl groups excluding tert-OH is 1. The lowest BCUT2D eigenvalue weighted by molar-refractivity contribution is -0.167. The van der Waals surface area contributed by atoms with E-state index in [1.54, 1.807) is 4.68 Å². The van der Waals surface area contributed by atoms with Gasteiger partial charge in [-0.3, -0.25) is 14.3 Å². The molecule has 2 saturated carbocycles. The lowest BCUT2D eigenvalue weighted by Gasteiger charge is -2.37. The molecular weight excluding hydrogens is 470 g/mol. The summed E-state index contributed by atoms with van der Waals surface area (Å²) >= 11 is 0. The third-order valence-electron chi connectivity index (χ3n) is 8.62. The molecule has 2 aromatic rings. The fourth-order valence-corrected chi connectivity index (χ4v) is 6.73. The van der Waals surface area contributed by atoms with Crippen LogP contribution >= 0.6 is 0 Å². The van der Waals surface area contributed by atoms with Gasteiger partial charge in [-0.2, -0.15) is 0 Å². The molecule has 6 atom stereocenters. The normalized spacial score (nSPS) is 28.7. The minimum atomic E-state index is -0.684. The van der Waals surface area contributed by atoms with Crippen molar-refractivity contribution in [1.29, 1.82) is 0 Å². The van der Waals surface area contributed by atoms with Gasteiger partial charge >= 0.3 is 0 Å². The van der Waals surface area contributed by atoms with E-state index in [0.717, 1.165) is 17.8 Å². The van der Waals surface area contributed by atoms with E-state index >= 15 is 0 Å². The third kappa shape index (κ3) is 4.89. The number of amides is 1. The fourth-order valence-electron chi connectivity index (χ4n) is 6.73. The number of benzene rings is 1. The van der Waals surface area contributed by atoms with Gasteiger partial charge in [-0.1, -0.05) is 24.6 Å². The van der Waals surface area contributed by atoms with Crippen LogP contribution in [0.3, 0.4) is 0 Å². The van der Waals surface area contributed by atoms with Crippen molar-refractivity contribution in [1.82, 2.24) is 14.7 Å². The van der Waals surface area contributed by atoms with Crippen LogP contribution in [-0.2, 0) is 21.3 Å². The first-order chi connectivity index (χ1) is 17.9. The highest BCUT2D eigenvalue weighted by molar-refractivity contribution is 5.92. The van der Waals surface area contributed by atoms with Crippen molar-refractivity contribution in [3.63, 3.8) is 0 Å². The predicted octanol–water partition coefficient (Wildman–Crippen LogP) is 3.54. The third-order valence-corrected chi connectivity index (χ3v) is 8.62. The van der Waals surface area contributed by atoms with Crippen LogP contribution in [0.4, 0.5) is 0 Å². The number of carbonyl (C=O) groups excluding carboxylic acids is 1. The van der Waals surface area contributed by atoms with Crippen molar-refractivity contribution in [3.05, 3.63) is 63.8 Å². The van der Waals surface area contributed by atoms with Crippen LogP contribution in [0, 0.1) is 24.7 Å². The van der Waals surface area contributed by atoms with E-state index in [1.807, 2.05) is 62.0 Å². The highest BCUT2D eigenvalue weighted by Gasteiger charge is 2.43. The number of nitrogens with one attached hydrogen (secondary N) is 1. The van der Waals surface area contributed by atoms with E-state index in [2.05, 4.69) is 5.32 Å². The number of aromatic nitrogens is 2. The van der Waals surface area contributed by atoms with Crippen LogP contribution in [0.25, 0.3) is 5.69 Å². The maximum absolute atomic E-state index is 13.9. The summed E-state index contributed by atoms with van der Waals surface area (Å²) in [5.41, 5.74) is 2.12. The Hall–Kier alpha value is -2.84. The van der Waals surface area contributed by atoms with Crippen molar-refractivity contribution in [2.75, 3.05) is 13.2 Å². The van der Waals surface area contributed by atoms with Gasteiger partial charge < -0.3 is 19.9 Å². The Kier molecular flexibility index (Phi) is 7.58. The lowest BCUT2D eigenvalue weighted by Crippen LogP contribution is -2.43. The lowest BCUT2D eigenvalue weighted by atomic mass is 9.80. The van der Waals surface area contributed by atoms with Crippen LogP contribution in [0.2, 0.25) is 0 Å². The fraction of sp³-hybridized carbons (Fsp3) is 0.586. The van der Waals surface area contributed by atoms with Crippen LogP contribution in [0.1, 0.15) is 62.6 Å². The van der Waals surface area contributed by atoms with Gasteiger partial charge in [0.1, 0.15) is 0 Å².